The SMILES string of the molecule is O=C(O)Cn1c(-c2ccccc2)c2c(c1-c1ccccc1)CCCC2. The molecule has 126 valence electrons. The number of fused-ring (bicyclic) bond motifs is 1. The molecule has 1 aliphatic rings. The van der Waals surface area contributed by atoms with E-state index in [0.29, 0.717) is 0 Å². The molecule has 3 heteroatoms. The maximum absolute atomic E-state index is 11.6. The van der Waals surface area contributed by atoms with Crippen LogP contribution >= 0.6 is 0 Å². The van der Waals surface area contributed by atoms with Crippen molar-refractivity contribution in [3.8, 4) is 22.5 Å². The first kappa shape index (κ1) is 15.7. The van der Waals surface area contributed by atoms with Gasteiger partial charge in [-0.05, 0) is 47.9 Å². The number of carboxylic acid groups (broad SMARTS) is 1. The van der Waals surface area contributed by atoms with Crippen LogP contribution in [0.5, 0.6) is 0 Å². The van der Waals surface area contributed by atoms with Gasteiger partial charge in [0.25, 0.3) is 0 Å². The number of aromatic nitrogens is 1. The van der Waals surface area contributed by atoms with Crippen molar-refractivity contribution in [2.75, 3.05) is 0 Å². The van der Waals surface area contributed by atoms with E-state index < -0.39 is 5.97 Å². The molecular formula is C22H21NO2. The fraction of sp³-hybridized carbons (Fsp3) is 0.227. The molecule has 3 aromatic rings. The predicted molar refractivity (Wildman–Crippen MR) is 99.6 cm³/mol. The number of carbonyl (C=O) groups is 1. The number of hydrogen-bond donors (Lipinski definition) is 1. The van der Waals surface area contributed by atoms with Crippen molar-refractivity contribution in [2.24, 2.45) is 0 Å². The molecule has 0 fully saturated rings. The number of nitrogens with zero attached hydrogens (tertiary/aromatic N) is 1. The summed E-state index contributed by atoms with van der Waals surface area (Å²) in [6.45, 7) is -0.0124. The summed E-state index contributed by atoms with van der Waals surface area (Å²) in [5, 5.41) is 9.55. The quantitative estimate of drug-likeness (QED) is 0.747. The summed E-state index contributed by atoms with van der Waals surface area (Å²) >= 11 is 0. The van der Waals surface area contributed by atoms with Gasteiger partial charge in [-0.25, -0.2) is 0 Å². The summed E-state index contributed by atoms with van der Waals surface area (Å²) in [7, 11) is 0. The zero-order valence-electron chi connectivity index (χ0n) is 14.1. The number of carboxylic acids is 1. The van der Waals surface area contributed by atoms with E-state index in [1.807, 2.05) is 41.0 Å². The van der Waals surface area contributed by atoms with Crippen molar-refractivity contribution < 1.29 is 9.90 Å². The number of benzene rings is 2. The van der Waals surface area contributed by atoms with Crippen LogP contribution in [0.3, 0.4) is 0 Å². The zero-order valence-corrected chi connectivity index (χ0v) is 14.1. The van der Waals surface area contributed by atoms with Gasteiger partial charge in [-0.1, -0.05) is 60.7 Å². The van der Waals surface area contributed by atoms with Crippen molar-refractivity contribution in [3.05, 3.63) is 71.8 Å². The van der Waals surface area contributed by atoms with Crippen molar-refractivity contribution in [3.63, 3.8) is 0 Å². The Labute approximate surface area is 147 Å². The molecular weight excluding hydrogens is 310 g/mol. The van der Waals surface area contributed by atoms with Crippen LogP contribution in [0, 0.1) is 0 Å². The van der Waals surface area contributed by atoms with Crippen molar-refractivity contribution in [2.45, 2.75) is 32.2 Å². The molecule has 0 bridgehead atoms. The van der Waals surface area contributed by atoms with Crippen molar-refractivity contribution in [1.82, 2.24) is 4.57 Å². The number of hydrogen-bond acceptors (Lipinski definition) is 1. The Balaban J connectivity index is 2.03. The summed E-state index contributed by atoms with van der Waals surface area (Å²) in [5.74, 6) is -0.804. The van der Waals surface area contributed by atoms with Crippen LogP contribution in [0.2, 0.25) is 0 Å². The van der Waals surface area contributed by atoms with E-state index in [0.717, 1.165) is 48.2 Å². The normalized spacial score (nSPS) is 13.4. The Bertz CT molecular complexity index is 828. The fourth-order valence-corrected chi connectivity index (χ4v) is 4.01. The van der Waals surface area contributed by atoms with Crippen molar-refractivity contribution in [1.29, 1.82) is 0 Å². The predicted octanol–water partition coefficient (Wildman–Crippen LogP) is 4.79. The minimum atomic E-state index is -0.804. The topological polar surface area (TPSA) is 42.2 Å². The van der Waals surface area contributed by atoms with Crippen LogP contribution in [0.15, 0.2) is 60.7 Å². The minimum absolute atomic E-state index is 0.0124. The Hall–Kier alpha value is -2.81. The molecule has 0 spiro atoms. The highest BCUT2D eigenvalue weighted by Gasteiger charge is 2.27. The summed E-state index contributed by atoms with van der Waals surface area (Å²) in [5.41, 5.74) is 7.02. The van der Waals surface area contributed by atoms with E-state index in [-0.39, 0.29) is 6.54 Å². The van der Waals surface area contributed by atoms with Crippen LogP contribution in [0.1, 0.15) is 24.0 Å². The van der Waals surface area contributed by atoms with E-state index in [1.165, 1.54) is 11.1 Å². The molecule has 1 heterocycles. The van der Waals surface area contributed by atoms with Gasteiger partial charge in [-0.15, -0.1) is 0 Å². The van der Waals surface area contributed by atoms with Gasteiger partial charge in [0.2, 0.25) is 0 Å². The van der Waals surface area contributed by atoms with Gasteiger partial charge in [0.15, 0.2) is 0 Å². The highest BCUT2D eigenvalue weighted by molar-refractivity contribution is 5.80. The van der Waals surface area contributed by atoms with Crippen LogP contribution in [0.4, 0.5) is 0 Å². The molecule has 0 saturated carbocycles. The monoisotopic (exact) mass is 331 g/mol. The largest absolute Gasteiger partial charge is 0.480 e. The molecule has 0 unspecified atom stereocenters. The van der Waals surface area contributed by atoms with E-state index in [2.05, 4.69) is 24.3 Å². The fourth-order valence-electron chi connectivity index (χ4n) is 4.01. The molecule has 3 nitrogen and oxygen atoms in total. The average molecular weight is 331 g/mol. The van der Waals surface area contributed by atoms with Gasteiger partial charge >= 0.3 is 5.97 Å². The second kappa shape index (κ2) is 6.60. The Morgan fingerprint density at radius 3 is 1.64 bits per heavy atom. The lowest BCUT2D eigenvalue weighted by Crippen LogP contribution is -2.11. The van der Waals surface area contributed by atoms with Crippen molar-refractivity contribution >= 4 is 5.97 Å². The molecule has 1 aromatic heterocycles. The molecule has 0 amide bonds. The van der Waals surface area contributed by atoms with Gasteiger partial charge in [0.05, 0.1) is 11.4 Å². The van der Waals surface area contributed by atoms with Crippen LogP contribution in [-0.4, -0.2) is 15.6 Å². The third-order valence-corrected chi connectivity index (χ3v) is 4.97. The molecule has 0 aliphatic heterocycles. The number of aliphatic carboxylic acids is 1. The smallest absolute Gasteiger partial charge is 0.323 e. The van der Waals surface area contributed by atoms with E-state index in [1.54, 1.807) is 0 Å². The molecule has 4 rings (SSSR count). The van der Waals surface area contributed by atoms with E-state index in [9.17, 15) is 9.90 Å². The van der Waals surface area contributed by atoms with Gasteiger partial charge < -0.3 is 9.67 Å². The lowest BCUT2D eigenvalue weighted by atomic mass is 9.89. The average Bonchev–Trinajstić information content (AvgIpc) is 2.96. The highest BCUT2D eigenvalue weighted by Crippen LogP contribution is 2.41. The van der Waals surface area contributed by atoms with Gasteiger partial charge in [-0.3, -0.25) is 4.79 Å². The lowest BCUT2D eigenvalue weighted by Gasteiger charge is -2.14. The molecule has 1 N–H and O–H groups in total. The third kappa shape index (κ3) is 2.86. The molecule has 0 radical (unpaired) electrons. The highest BCUT2D eigenvalue weighted by atomic mass is 16.4. The first-order valence-corrected chi connectivity index (χ1v) is 8.82. The number of rotatable bonds is 4. The molecule has 2 aromatic carbocycles. The molecule has 25 heavy (non-hydrogen) atoms. The van der Waals surface area contributed by atoms with E-state index >= 15 is 0 Å². The maximum atomic E-state index is 11.6. The third-order valence-electron chi connectivity index (χ3n) is 4.97. The van der Waals surface area contributed by atoms with Crippen LogP contribution in [-0.2, 0) is 24.2 Å². The Morgan fingerprint density at radius 2 is 1.24 bits per heavy atom. The Morgan fingerprint density at radius 1 is 0.800 bits per heavy atom. The second-order valence-corrected chi connectivity index (χ2v) is 6.57. The summed E-state index contributed by atoms with van der Waals surface area (Å²) in [6, 6.07) is 20.4. The van der Waals surface area contributed by atoms with Crippen LogP contribution in [0.25, 0.3) is 22.5 Å². The minimum Gasteiger partial charge on any atom is -0.480 e. The second-order valence-electron chi connectivity index (χ2n) is 6.57. The van der Waals surface area contributed by atoms with E-state index in [4.69, 9.17) is 0 Å². The van der Waals surface area contributed by atoms with Gasteiger partial charge in [0, 0.05) is 0 Å². The first-order valence-electron chi connectivity index (χ1n) is 8.82. The Kier molecular flexibility index (Phi) is 4.14. The standard InChI is InChI=1S/C22H21NO2/c24-20(25)15-23-21(16-9-3-1-4-10-16)18-13-7-8-14-19(18)22(23)17-11-5-2-6-12-17/h1-6,9-12H,7-8,13-15H2,(H,24,25). The first-order chi connectivity index (χ1) is 12.3. The molecule has 0 atom stereocenters. The molecule has 1 aliphatic carbocycles. The van der Waals surface area contributed by atoms with Gasteiger partial charge in [-0.2, -0.15) is 0 Å². The van der Waals surface area contributed by atoms with Crippen LogP contribution < -0.4 is 0 Å². The van der Waals surface area contributed by atoms with Gasteiger partial charge in [0.1, 0.15) is 6.54 Å². The summed E-state index contributed by atoms with van der Waals surface area (Å²) in [4.78, 5) is 11.6. The maximum Gasteiger partial charge on any atom is 0.323 e. The zero-order chi connectivity index (χ0) is 17.2. The summed E-state index contributed by atoms with van der Waals surface area (Å²) < 4.78 is 2.02. The summed E-state index contributed by atoms with van der Waals surface area (Å²) in [6.07, 6.45) is 4.37. The molecule has 0 saturated heterocycles. The lowest BCUT2D eigenvalue weighted by molar-refractivity contribution is -0.137.